The molecule has 0 spiro atoms. The van der Waals surface area contributed by atoms with Gasteiger partial charge in [0, 0.05) is 29.6 Å². The van der Waals surface area contributed by atoms with Crippen LogP contribution in [0, 0.1) is 0 Å². The predicted octanol–water partition coefficient (Wildman–Crippen LogP) is 3.44. The van der Waals surface area contributed by atoms with Crippen LogP contribution < -0.4 is 10.1 Å². The zero-order valence-corrected chi connectivity index (χ0v) is 13.0. The lowest BCUT2D eigenvalue weighted by Gasteiger charge is -2.11. The summed E-state index contributed by atoms with van der Waals surface area (Å²) in [6, 6.07) is 4.05. The van der Waals surface area contributed by atoms with E-state index in [0.717, 1.165) is 22.2 Å². The zero-order valence-electron chi connectivity index (χ0n) is 11.4. The first-order valence-corrected chi connectivity index (χ1v) is 7.54. The van der Waals surface area contributed by atoms with Crippen molar-refractivity contribution in [3.05, 3.63) is 27.7 Å². The average molecular weight is 368 g/mol. The van der Waals surface area contributed by atoms with Crippen LogP contribution in [0.3, 0.4) is 0 Å². The summed E-state index contributed by atoms with van der Waals surface area (Å²) in [6.45, 7) is 0.837. The van der Waals surface area contributed by atoms with Crippen molar-refractivity contribution < 1.29 is 22.6 Å². The van der Waals surface area contributed by atoms with E-state index >= 15 is 0 Å². The molecule has 2 rings (SSSR count). The molecule has 0 unspecified atom stereocenters. The highest BCUT2D eigenvalue weighted by Crippen LogP contribution is 2.32. The molecule has 1 heterocycles. The van der Waals surface area contributed by atoms with Crippen molar-refractivity contribution in [3.63, 3.8) is 0 Å². The van der Waals surface area contributed by atoms with Crippen molar-refractivity contribution in [3.8, 4) is 5.75 Å². The Morgan fingerprint density at radius 2 is 2.14 bits per heavy atom. The molecule has 0 aliphatic carbocycles. The first-order valence-electron chi connectivity index (χ1n) is 6.75. The second kappa shape index (κ2) is 7.47. The lowest BCUT2D eigenvalue weighted by atomic mass is 10.1. The van der Waals surface area contributed by atoms with Crippen molar-refractivity contribution in [2.45, 2.75) is 25.6 Å². The van der Waals surface area contributed by atoms with Crippen LogP contribution in [0.5, 0.6) is 5.75 Å². The Balaban J connectivity index is 1.68. The van der Waals surface area contributed by atoms with Crippen molar-refractivity contribution in [2.24, 2.45) is 0 Å². The number of alkyl halides is 3. The summed E-state index contributed by atoms with van der Waals surface area (Å²) < 4.78 is 46.7. The van der Waals surface area contributed by atoms with Gasteiger partial charge in [-0.3, -0.25) is 0 Å². The van der Waals surface area contributed by atoms with Gasteiger partial charge in [-0.05, 0) is 30.7 Å². The monoisotopic (exact) mass is 367 g/mol. The van der Waals surface area contributed by atoms with E-state index in [1.807, 2.05) is 6.07 Å². The second-order valence-electron chi connectivity index (χ2n) is 4.85. The normalized spacial score (nSPS) is 14.1. The maximum absolute atomic E-state index is 11.9. The molecule has 0 fully saturated rings. The van der Waals surface area contributed by atoms with Crippen molar-refractivity contribution in [1.82, 2.24) is 5.32 Å². The molecule has 1 aromatic rings. The lowest BCUT2D eigenvalue weighted by Crippen LogP contribution is -2.20. The summed E-state index contributed by atoms with van der Waals surface area (Å²) >= 11 is 3.47. The van der Waals surface area contributed by atoms with Gasteiger partial charge >= 0.3 is 6.18 Å². The third-order valence-corrected chi connectivity index (χ3v) is 3.51. The standard InChI is InChI=1S/C14H17BrF3NO2/c15-12-6-10-2-5-21-13(10)11(7-12)8-19-3-1-4-20-9-14(16,17)18/h6-7,19H,1-5,8-9H2. The first-order chi connectivity index (χ1) is 9.96. The van der Waals surface area contributed by atoms with Crippen LogP contribution >= 0.6 is 15.9 Å². The van der Waals surface area contributed by atoms with Gasteiger partial charge in [-0.2, -0.15) is 13.2 Å². The van der Waals surface area contributed by atoms with Gasteiger partial charge in [-0.25, -0.2) is 0 Å². The van der Waals surface area contributed by atoms with Crippen LogP contribution in [-0.2, 0) is 17.7 Å². The van der Waals surface area contributed by atoms with Crippen LogP contribution in [0.25, 0.3) is 0 Å². The van der Waals surface area contributed by atoms with Crippen LogP contribution in [0.15, 0.2) is 16.6 Å². The van der Waals surface area contributed by atoms with Crippen molar-refractivity contribution in [1.29, 1.82) is 0 Å². The molecule has 0 bridgehead atoms. The third kappa shape index (κ3) is 5.48. The van der Waals surface area contributed by atoms with E-state index in [4.69, 9.17) is 4.74 Å². The molecule has 0 radical (unpaired) electrons. The third-order valence-electron chi connectivity index (χ3n) is 3.05. The van der Waals surface area contributed by atoms with E-state index < -0.39 is 12.8 Å². The maximum Gasteiger partial charge on any atom is 0.411 e. The van der Waals surface area contributed by atoms with Gasteiger partial charge in [0.15, 0.2) is 0 Å². The van der Waals surface area contributed by atoms with E-state index in [1.54, 1.807) is 0 Å². The number of hydrogen-bond donors (Lipinski definition) is 1. The van der Waals surface area contributed by atoms with Gasteiger partial charge in [0.05, 0.1) is 6.61 Å². The molecule has 3 nitrogen and oxygen atoms in total. The predicted molar refractivity (Wildman–Crippen MR) is 76.5 cm³/mol. The molecule has 1 aromatic carbocycles. The number of ether oxygens (including phenoxy) is 2. The number of nitrogens with one attached hydrogen (secondary N) is 1. The Morgan fingerprint density at radius 1 is 1.33 bits per heavy atom. The molecule has 1 aliphatic heterocycles. The fourth-order valence-electron chi connectivity index (χ4n) is 2.19. The summed E-state index contributed by atoms with van der Waals surface area (Å²) in [5.74, 6) is 0.930. The van der Waals surface area contributed by atoms with Gasteiger partial charge < -0.3 is 14.8 Å². The second-order valence-corrected chi connectivity index (χ2v) is 5.77. The molecule has 0 saturated carbocycles. The summed E-state index contributed by atoms with van der Waals surface area (Å²) in [5, 5.41) is 3.19. The number of hydrogen-bond acceptors (Lipinski definition) is 3. The molecule has 1 N–H and O–H groups in total. The number of benzene rings is 1. The topological polar surface area (TPSA) is 30.5 Å². The largest absolute Gasteiger partial charge is 0.493 e. The number of rotatable bonds is 7. The maximum atomic E-state index is 11.9. The van der Waals surface area contributed by atoms with Crippen LogP contribution in [0.2, 0.25) is 0 Å². The molecular weight excluding hydrogens is 351 g/mol. The molecule has 0 atom stereocenters. The van der Waals surface area contributed by atoms with Gasteiger partial charge in [0.25, 0.3) is 0 Å². The molecule has 1 aliphatic rings. The van der Waals surface area contributed by atoms with E-state index in [2.05, 4.69) is 32.0 Å². The van der Waals surface area contributed by atoms with E-state index in [0.29, 0.717) is 26.1 Å². The van der Waals surface area contributed by atoms with Crippen molar-refractivity contribution >= 4 is 15.9 Å². The quantitative estimate of drug-likeness (QED) is 0.748. The molecule has 7 heteroatoms. The number of fused-ring (bicyclic) bond motifs is 1. The Morgan fingerprint density at radius 3 is 2.90 bits per heavy atom. The molecule has 21 heavy (non-hydrogen) atoms. The SMILES string of the molecule is FC(F)(F)COCCCNCc1cc(Br)cc2c1OCC2. The highest BCUT2D eigenvalue weighted by molar-refractivity contribution is 9.10. The fraction of sp³-hybridized carbons (Fsp3) is 0.571. The summed E-state index contributed by atoms with van der Waals surface area (Å²) in [6.07, 6.45) is -2.80. The highest BCUT2D eigenvalue weighted by atomic mass is 79.9. The fourth-order valence-corrected chi connectivity index (χ4v) is 2.74. The summed E-state index contributed by atoms with van der Waals surface area (Å²) in [7, 11) is 0. The zero-order chi connectivity index (χ0) is 15.3. The summed E-state index contributed by atoms with van der Waals surface area (Å²) in [4.78, 5) is 0. The summed E-state index contributed by atoms with van der Waals surface area (Å²) in [5.41, 5.74) is 2.25. The Kier molecular flexibility index (Phi) is 5.89. The Hall–Kier alpha value is -0.790. The minimum Gasteiger partial charge on any atom is -0.493 e. The van der Waals surface area contributed by atoms with E-state index in [9.17, 15) is 13.2 Å². The van der Waals surface area contributed by atoms with Gasteiger partial charge in [-0.1, -0.05) is 15.9 Å². The van der Waals surface area contributed by atoms with Crippen LogP contribution in [-0.4, -0.2) is 32.5 Å². The number of halogens is 4. The van der Waals surface area contributed by atoms with E-state index in [1.165, 1.54) is 5.56 Å². The molecule has 118 valence electrons. The molecule has 0 aromatic heterocycles. The van der Waals surface area contributed by atoms with E-state index in [-0.39, 0.29) is 6.61 Å². The first kappa shape index (κ1) is 16.6. The minimum atomic E-state index is -4.25. The molecular formula is C14H17BrF3NO2. The Bertz CT molecular complexity index is 480. The van der Waals surface area contributed by atoms with Crippen LogP contribution in [0.4, 0.5) is 13.2 Å². The van der Waals surface area contributed by atoms with Gasteiger partial charge in [0.1, 0.15) is 12.4 Å². The average Bonchev–Trinajstić information content (AvgIpc) is 2.84. The minimum absolute atomic E-state index is 0.0968. The smallest absolute Gasteiger partial charge is 0.411 e. The molecule has 0 amide bonds. The molecule has 0 saturated heterocycles. The van der Waals surface area contributed by atoms with Gasteiger partial charge in [0.2, 0.25) is 0 Å². The highest BCUT2D eigenvalue weighted by Gasteiger charge is 2.27. The van der Waals surface area contributed by atoms with Crippen molar-refractivity contribution in [2.75, 3.05) is 26.4 Å². The van der Waals surface area contributed by atoms with Gasteiger partial charge in [-0.15, -0.1) is 0 Å². The van der Waals surface area contributed by atoms with Crippen LogP contribution in [0.1, 0.15) is 17.5 Å². The lowest BCUT2D eigenvalue weighted by molar-refractivity contribution is -0.173. The Labute approximate surface area is 129 Å².